The average Bonchev–Trinajstić information content (AvgIpc) is 2.66. The number of thiocarbonyl (C=S) groups is 1. The van der Waals surface area contributed by atoms with E-state index in [4.69, 9.17) is 17.0 Å². The monoisotopic (exact) mass is 355 g/mol. The number of anilines is 2. The lowest BCUT2D eigenvalue weighted by Gasteiger charge is -2.29. The predicted octanol–water partition coefficient (Wildman–Crippen LogP) is 2.96. The van der Waals surface area contributed by atoms with Crippen molar-refractivity contribution in [3.05, 3.63) is 54.1 Å². The Labute approximate surface area is 153 Å². The summed E-state index contributed by atoms with van der Waals surface area (Å²) in [6.07, 6.45) is 1.99. The molecule has 130 valence electrons. The van der Waals surface area contributed by atoms with Crippen molar-refractivity contribution in [1.29, 1.82) is 0 Å². The Kier molecular flexibility index (Phi) is 5.50. The SMILES string of the molecule is COc1ccccc1NC(=S)NCC(=O)N1CCCc2ccccc21. The van der Waals surface area contributed by atoms with E-state index < -0.39 is 0 Å². The van der Waals surface area contributed by atoms with Gasteiger partial charge in [0.15, 0.2) is 5.11 Å². The van der Waals surface area contributed by atoms with Crippen LogP contribution in [0.1, 0.15) is 12.0 Å². The predicted molar refractivity (Wildman–Crippen MR) is 104 cm³/mol. The molecule has 2 aromatic carbocycles. The maximum atomic E-state index is 12.6. The van der Waals surface area contributed by atoms with E-state index in [1.807, 2.05) is 47.4 Å². The third-order valence-electron chi connectivity index (χ3n) is 4.17. The number of hydrogen-bond acceptors (Lipinski definition) is 3. The molecule has 1 aliphatic rings. The minimum atomic E-state index is 0.0105. The summed E-state index contributed by atoms with van der Waals surface area (Å²) in [6.45, 7) is 0.888. The van der Waals surface area contributed by atoms with Crippen molar-refractivity contribution in [2.24, 2.45) is 0 Å². The van der Waals surface area contributed by atoms with Gasteiger partial charge in [0.05, 0.1) is 19.3 Å². The third kappa shape index (κ3) is 4.09. The molecule has 0 unspecified atom stereocenters. The maximum absolute atomic E-state index is 12.6. The van der Waals surface area contributed by atoms with Crippen molar-refractivity contribution >= 4 is 34.6 Å². The maximum Gasteiger partial charge on any atom is 0.246 e. The molecule has 0 aromatic heterocycles. The number of nitrogens with zero attached hydrogens (tertiary/aromatic N) is 1. The number of para-hydroxylation sites is 3. The molecule has 0 fully saturated rings. The van der Waals surface area contributed by atoms with Crippen LogP contribution in [0.4, 0.5) is 11.4 Å². The van der Waals surface area contributed by atoms with E-state index in [9.17, 15) is 4.79 Å². The molecule has 0 atom stereocenters. The van der Waals surface area contributed by atoms with Gasteiger partial charge in [-0.25, -0.2) is 0 Å². The van der Waals surface area contributed by atoms with E-state index in [1.54, 1.807) is 7.11 Å². The number of benzene rings is 2. The van der Waals surface area contributed by atoms with Crippen molar-refractivity contribution in [2.45, 2.75) is 12.8 Å². The Morgan fingerprint density at radius 2 is 1.96 bits per heavy atom. The summed E-state index contributed by atoms with van der Waals surface area (Å²) in [5.74, 6) is 0.708. The molecule has 3 rings (SSSR count). The number of aryl methyl sites for hydroxylation is 1. The summed E-state index contributed by atoms with van der Waals surface area (Å²) in [7, 11) is 1.61. The highest BCUT2D eigenvalue weighted by atomic mass is 32.1. The molecular weight excluding hydrogens is 334 g/mol. The number of carbonyl (C=O) groups excluding carboxylic acids is 1. The highest BCUT2D eigenvalue weighted by Crippen LogP contribution is 2.26. The van der Waals surface area contributed by atoms with Crippen molar-refractivity contribution in [2.75, 3.05) is 30.4 Å². The minimum Gasteiger partial charge on any atom is -0.495 e. The van der Waals surface area contributed by atoms with Gasteiger partial charge in [0.25, 0.3) is 0 Å². The number of methoxy groups -OCH3 is 1. The van der Waals surface area contributed by atoms with Crippen LogP contribution in [0.5, 0.6) is 5.75 Å². The van der Waals surface area contributed by atoms with Crippen LogP contribution in [0.15, 0.2) is 48.5 Å². The standard InChI is InChI=1S/C19H21N3O2S/c1-24-17-11-5-3-9-15(17)21-19(25)20-13-18(23)22-12-6-8-14-7-2-4-10-16(14)22/h2-5,7,9-11H,6,8,12-13H2,1H3,(H2,20,21,25). The van der Waals surface area contributed by atoms with E-state index in [-0.39, 0.29) is 12.5 Å². The summed E-state index contributed by atoms with van der Waals surface area (Å²) >= 11 is 5.29. The number of ether oxygens (including phenoxy) is 1. The third-order valence-corrected chi connectivity index (χ3v) is 4.41. The van der Waals surface area contributed by atoms with Crippen LogP contribution < -0.4 is 20.3 Å². The fraction of sp³-hybridized carbons (Fsp3) is 0.263. The van der Waals surface area contributed by atoms with Gasteiger partial charge in [-0.2, -0.15) is 0 Å². The molecule has 0 saturated carbocycles. The molecule has 5 nitrogen and oxygen atoms in total. The normalized spacial score (nSPS) is 12.9. The van der Waals surface area contributed by atoms with Gasteiger partial charge in [0, 0.05) is 12.2 Å². The molecular formula is C19H21N3O2S. The second-order valence-electron chi connectivity index (χ2n) is 5.79. The number of nitrogens with one attached hydrogen (secondary N) is 2. The molecule has 0 spiro atoms. The zero-order valence-corrected chi connectivity index (χ0v) is 14.9. The molecule has 0 aliphatic carbocycles. The molecule has 2 N–H and O–H groups in total. The van der Waals surface area contributed by atoms with Gasteiger partial charge < -0.3 is 20.3 Å². The van der Waals surface area contributed by atoms with Crippen LogP contribution in [0.25, 0.3) is 0 Å². The Balaban J connectivity index is 1.59. The van der Waals surface area contributed by atoms with Crippen molar-refractivity contribution in [3.63, 3.8) is 0 Å². The Hall–Kier alpha value is -2.60. The van der Waals surface area contributed by atoms with Crippen molar-refractivity contribution in [1.82, 2.24) is 5.32 Å². The lowest BCUT2D eigenvalue weighted by Crippen LogP contribution is -2.43. The fourth-order valence-electron chi connectivity index (χ4n) is 2.96. The van der Waals surface area contributed by atoms with E-state index in [0.29, 0.717) is 10.9 Å². The first-order valence-corrected chi connectivity index (χ1v) is 8.66. The Morgan fingerprint density at radius 1 is 1.20 bits per heavy atom. The summed E-state index contributed by atoms with van der Waals surface area (Å²) in [4.78, 5) is 14.4. The first kappa shape index (κ1) is 17.2. The van der Waals surface area contributed by atoms with Gasteiger partial charge in [0.1, 0.15) is 5.75 Å². The second-order valence-corrected chi connectivity index (χ2v) is 6.19. The van der Waals surface area contributed by atoms with E-state index >= 15 is 0 Å². The summed E-state index contributed by atoms with van der Waals surface area (Å²) < 4.78 is 5.28. The number of carbonyl (C=O) groups is 1. The Bertz CT molecular complexity index is 779. The number of fused-ring (bicyclic) bond motifs is 1. The molecule has 0 bridgehead atoms. The smallest absolute Gasteiger partial charge is 0.246 e. The molecule has 6 heteroatoms. The van der Waals surface area contributed by atoms with Gasteiger partial charge >= 0.3 is 0 Å². The summed E-state index contributed by atoms with van der Waals surface area (Å²) in [6, 6.07) is 15.5. The second kappa shape index (κ2) is 7.98. The van der Waals surface area contributed by atoms with Gasteiger partial charge in [-0.1, -0.05) is 30.3 Å². The highest BCUT2D eigenvalue weighted by Gasteiger charge is 2.21. The van der Waals surface area contributed by atoms with Crippen LogP contribution in [0.2, 0.25) is 0 Å². The van der Waals surface area contributed by atoms with Crippen LogP contribution >= 0.6 is 12.2 Å². The van der Waals surface area contributed by atoms with Crippen LogP contribution in [-0.4, -0.2) is 31.2 Å². The van der Waals surface area contributed by atoms with E-state index in [0.717, 1.165) is 30.8 Å². The van der Waals surface area contributed by atoms with Crippen LogP contribution in [0, 0.1) is 0 Å². The Morgan fingerprint density at radius 3 is 2.80 bits per heavy atom. The zero-order chi connectivity index (χ0) is 17.6. The minimum absolute atomic E-state index is 0.0105. The molecule has 25 heavy (non-hydrogen) atoms. The van der Waals surface area contributed by atoms with Gasteiger partial charge in [-0.3, -0.25) is 4.79 Å². The van der Waals surface area contributed by atoms with Gasteiger partial charge in [0.2, 0.25) is 5.91 Å². The number of amides is 1. The van der Waals surface area contributed by atoms with Crippen LogP contribution in [0.3, 0.4) is 0 Å². The average molecular weight is 355 g/mol. The summed E-state index contributed by atoms with van der Waals surface area (Å²) in [5.41, 5.74) is 2.99. The van der Waals surface area contributed by atoms with E-state index in [1.165, 1.54) is 5.56 Å². The quantitative estimate of drug-likeness (QED) is 0.826. The summed E-state index contributed by atoms with van der Waals surface area (Å²) in [5, 5.41) is 6.44. The highest BCUT2D eigenvalue weighted by molar-refractivity contribution is 7.80. The topological polar surface area (TPSA) is 53.6 Å². The lowest BCUT2D eigenvalue weighted by atomic mass is 10.0. The van der Waals surface area contributed by atoms with Gasteiger partial charge in [-0.15, -0.1) is 0 Å². The molecule has 1 amide bonds. The fourth-order valence-corrected chi connectivity index (χ4v) is 3.14. The molecule has 2 aromatic rings. The molecule has 0 radical (unpaired) electrons. The largest absolute Gasteiger partial charge is 0.495 e. The van der Waals surface area contributed by atoms with E-state index in [2.05, 4.69) is 16.7 Å². The number of rotatable bonds is 4. The zero-order valence-electron chi connectivity index (χ0n) is 14.1. The molecule has 1 aliphatic heterocycles. The first-order valence-electron chi connectivity index (χ1n) is 8.25. The van der Waals surface area contributed by atoms with Gasteiger partial charge in [-0.05, 0) is 48.8 Å². The first-order chi connectivity index (χ1) is 12.2. The molecule has 1 heterocycles. The van der Waals surface area contributed by atoms with Crippen molar-refractivity contribution in [3.8, 4) is 5.75 Å². The number of hydrogen-bond donors (Lipinski definition) is 2. The molecule has 0 saturated heterocycles. The van der Waals surface area contributed by atoms with Crippen LogP contribution in [-0.2, 0) is 11.2 Å². The van der Waals surface area contributed by atoms with Crippen molar-refractivity contribution < 1.29 is 9.53 Å². The lowest BCUT2D eigenvalue weighted by molar-refractivity contribution is -0.117.